The van der Waals surface area contributed by atoms with Gasteiger partial charge in [-0.15, -0.1) is 22.7 Å². The predicted molar refractivity (Wildman–Crippen MR) is 78.4 cm³/mol. The molecule has 1 aliphatic rings. The van der Waals surface area contributed by atoms with Crippen molar-refractivity contribution >= 4 is 33.8 Å². The van der Waals surface area contributed by atoms with E-state index < -0.39 is 0 Å². The topological polar surface area (TPSA) is 0 Å². The van der Waals surface area contributed by atoms with E-state index in [9.17, 15) is 0 Å². The van der Waals surface area contributed by atoms with Crippen molar-refractivity contribution in [1.82, 2.24) is 0 Å². The molecule has 17 heavy (non-hydrogen) atoms. The van der Waals surface area contributed by atoms with E-state index in [4.69, 9.17) is 0 Å². The molecule has 1 aliphatic carbocycles. The van der Waals surface area contributed by atoms with Crippen molar-refractivity contribution in [2.24, 2.45) is 5.41 Å². The Hall–Kier alpha value is -1.12. The minimum atomic E-state index is 0.121. The summed E-state index contributed by atoms with van der Waals surface area (Å²) in [6, 6.07) is 8.67. The molecule has 86 valence electrons. The number of thiophene rings is 2. The number of hydrogen-bond acceptors (Lipinski definition) is 2. The Balaban J connectivity index is 2.00. The normalized spacial score (nSPS) is 18.0. The van der Waals surface area contributed by atoms with Crippen LogP contribution in [0.4, 0.5) is 0 Å². The Labute approximate surface area is 110 Å². The second kappa shape index (κ2) is 3.97. The van der Waals surface area contributed by atoms with Crippen LogP contribution in [-0.4, -0.2) is 0 Å². The summed E-state index contributed by atoms with van der Waals surface area (Å²) in [5, 5.41) is 4.30. The van der Waals surface area contributed by atoms with Crippen molar-refractivity contribution in [3.63, 3.8) is 0 Å². The van der Waals surface area contributed by atoms with Crippen LogP contribution in [-0.2, 0) is 0 Å². The van der Waals surface area contributed by atoms with E-state index in [0.717, 1.165) is 0 Å². The lowest BCUT2D eigenvalue weighted by atomic mass is 9.79. The zero-order valence-electron chi connectivity index (χ0n) is 9.94. The Kier molecular flexibility index (Phi) is 2.57. The standard InChI is InChI=1S/C15H14S2/c1-15(2)11(13-5-3-9-16-13)7-8-12(15)14-6-4-10-17-14/h3-10H,1-2H3. The molecule has 0 aromatic carbocycles. The van der Waals surface area contributed by atoms with Gasteiger partial charge in [-0.3, -0.25) is 0 Å². The average molecular weight is 258 g/mol. The number of allylic oxidation sites excluding steroid dienone is 4. The first-order valence-electron chi connectivity index (χ1n) is 5.70. The lowest BCUT2D eigenvalue weighted by Gasteiger charge is -2.26. The largest absolute Gasteiger partial charge is 0.144 e. The number of hydrogen-bond donors (Lipinski definition) is 0. The van der Waals surface area contributed by atoms with Crippen molar-refractivity contribution in [3.05, 3.63) is 56.9 Å². The maximum Gasteiger partial charge on any atom is 0.0311 e. The van der Waals surface area contributed by atoms with Crippen molar-refractivity contribution in [2.45, 2.75) is 13.8 Å². The van der Waals surface area contributed by atoms with Crippen LogP contribution in [0.1, 0.15) is 23.6 Å². The molecule has 0 bridgehead atoms. The van der Waals surface area contributed by atoms with Crippen LogP contribution in [0.25, 0.3) is 11.1 Å². The van der Waals surface area contributed by atoms with Gasteiger partial charge in [0.2, 0.25) is 0 Å². The van der Waals surface area contributed by atoms with Gasteiger partial charge in [-0.25, -0.2) is 0 Å². The summed E-state index contributed by atoms with van der Waals surface area (Å²) in [5.41, 5.74) is 3.00. The molecular formula is C15H14S2. The summed E-state index contributed by atoms with van der Waals surface area (Å²) in [6.45, 7) is 4.63. The molecule has 3 rings (SSSR count). The van der Waals surface area contributed by atoms with Gasteiger partial charge in [-0.05, 0) is 34.0 Å². The van der Waals surface area contributed by atoms with E-state index >= 15 is 0 Å². The molecule has 0 radical (unpaired) electrons. The SMILES string of the molecule is CC1(C)C(c2cccs2)=CC=C1c1cccs1. The molecule has 0 saturated heterocycles. The Bertz CT molecular complexity index is 514. The van der Waals surface area contributed by atoms with Gasteiger partial charge in [0, 0.05) is 15.2 Å². The van der Waals surface area contributed by atoms with Gasteiger partial charge in [-0.1, -0.05) is 38.1 Å². The Morgan fingerprint density at radius 1 is 0.824 bits per heavy atom. The molecule has 2 aromatic rings. The molecule has 0 saturated carbocycles. The zero-order chi connectivity index (χ0) is 11.9. The summed E-state index contributed by atoms with van der Waals surface area (Å²) in [5.74, 6) is 0. The third-order valence-electron chi connectivity index (χ3n) is 3.34. The summed E-state index contributed by atoms with van der Waals surface area (Å²) in [4.78, 5) is 2.77. The van der Waals surface area contributed by atoms with Crippen molar-refractivity contribution in [3.8, 4) is 0 Å². The van der Waals surface area contributed by atoms with Crippen molar-refractivity contribution in [1.29, 1.82) is 0 Å². The Morgan fingerprint density at radius 3 is 1.65 bits per heavy atom. The highest BCUT2D eigenvalue weighted by Gasteiger charge is 2.33. The zero-order valence-corrected chi connectivity index (χ0v) is 11.6. The highest BCUT2D eigenvalue weighted by molar-refractivity contribution is 7.11. The summed E-state index contributed by atoms with van der Waals surface area (Å²) in [6.07, 6.45) is 4.56. The highest BCUT2D eigenvalue weighted by Crippen LogP contribution is 2.51. The molecule has 0 unspecified atom stereocenters. The fraction of sp³-hybridized carbons (Fsp3) is 0.200. The quantitative estimate of drug-likeness (QED) is 0.684. The maximum atomic E-state index is 2.32. The van der Waals surface area contributed by atoms with Crippen molar-refractivity contribution in [2.75, 3.05) is 0 Å². The van der Waals surface area contributed by atoms with Crippen LogP contribution < -0.4 is 0 Å². The first-order valence-corrected chi connectivity index (χ1v) is 7.46. The smallest absolute Gasteiger partial charge is 0.0311 e. The number of rotatable bonds is 2. The van der Waals surface area contributed by atoms with Crippen LogP contribution in [0.2, 0.25) is 0 Å². The lowest BCUT2D eigenvalue weighted by Crippen LogP contribution is -2.11. The van der Waals surface area contributed by atoms with Gasteiger partial charge in [0.25, 0.3) is 0 Å². The van der Waals surface area contributed by atoms with Crippen LogP contribution in [0.15, 0.2) is 47.2 Å². The molecule has 0 spiro atoms. The van der Waals surface area contributed by atoms with E-state index in [1.807, 2.05) is 22.7 Å². The van der Waals surface area contributed by atoms with Crippen LogP contribution in [0.3, 0.4) is 0 Å². The molecule has 0 nitrogen and oxygen atoms in total. The third kappa shape index (κ3) is 1.72. The Morgan fingerprint density at radius 2 is 1.29 bits per heavy atom. The second-order valence-electron chi connectivity index (χ2n) is 4.74. The van der Waals surface area contributed by atoms with Gasteiger partial charge < -0.3 is 0 Å². The van der Waals surface area contributed by atoms with Crippen molar-refractivity contribution < 1.29 is 0 Å². The van der Waals surface area contributed by atoms with Crippen LogP contribution in [0.5, 0.6) is 0 Å². The van der Waals surface area contributed by atoms with E-state index in [2.05, 4.69) is 61.0 Å². The fourth-order valence-electron chi connectivity index (χ4n) is 2.37. The maximum absolute atomic E-state index is 2.32. The molecule has 0 aliphatic heterocycles. The molecule has 2 heteroatoms. The van der Waals surface area contributed by atoms with Gasteiger partial charge in [0.05, 0.1) is 0 Å². The minimum absolute atomic E-state index is 0.121. The van der Waals surface area contributed by atoms with E-state index in [1.165, 1.54) is 20.9 Å². The van der Waals surface area contributed by atoms with Crippen LogP contribution in [0, 0.1) is 5.41 Å². The highest BCUT2D eigenvalue weighted by atomic mass is 32.1. The monoisotopic (exact) mass is 258 g/mol. The average Bonchev–Trinajstić information content (AvgIpc) is 2.96. The van der Waals surface area contributed by atoms with Crippen LogP contribution >= 0.6 is 22.7 Å². The van der Waals surface area contributed by atoms with E-state index in [-0.39, 0.29) is 5.41 Å². The van der Waals surface area contributed by atoms with Gasteiger partial charge >= 0.3 is 0 Å². The first kappa shape index (κ1) is 11.0. The first-order chi connectivity index (χ1) is 8.19. The van der Waals surface area contributed by atoms with Gasteiger partial charge in [0.15, 0.2) is 0 Å². The predicted octanol–water partition coefficient (Wildman–Crippen LogP) is 5.32. The second-order valence-corrected chi connectivity index (χ2v) is 6.64. The lowest BCUT2D eigenvalue weighted by molar-refractivity contribution is 0.685. The van der Waals surface area contributed by atoms with Gasteiger partial charge in [0.1, 0.15) is 0 Å². The molecule has 0 fully saturated rings. The summed E-state index contributed by atoms with van der Waals surface area (Å²) >= 11 is 3.65. The minimum Gasteiger partial charge on any atom is -0.144 e. The fourth-order valence-corrected chi connectivity index (χ4v) is 4.19. The molecule has 2 aromatic heterocycles. The van der Waals surface area contributed by atoms with E-state index in [1.54, 1.807) is 0 Å². The summed E-state index contributed by atoms with van der Waals surface area (Å²) in [7, 11) is 0. The molecule has 0 amide bonds. The van der Waals surface area contributed by atoms with Gasteiger partial charge in [-0.2, -0.15) is 0 Å². The summed E-state index contributed by atoms with van der Waals surface area (Å²) < 4.78 is 0. The molecular weight excluding hydrogens is 244 g/mol. The molecule has 0 N–H and O–H groups in total. The third-order valence-corrected chi connectivity index (χ3v) is 5.14. The molecule has 2 heterocycles. The van der Waals surface area contributed by atoms with E-state index in [0.29, 0.717) is 0 Å². The molecule has 0 atom stereocenters.